The molecule has 0 aliphatic rings. The van der Waals surface area contributed by atoms with Crippen molar-refractivity contribution in [3.05, 3.63) is 29.0 Å². The van der Waals surface area contributed by atoms with Gasteiger partial charge in [0.15, 0.2) is 5.31 Å². The van der Waals surface area contributed by atoms with Crippen molar-refractivity contribution in [2.45, 2.75) is 27.7 Å². The molecule has 0 amide bonds. The first kappa shape index (κ1) is 17.7. The smallest absolute Gasteiger partial charge is 0.368 e. The zero-order chi connectivity index (χ0) is 15.9. The number of furan rings is 1. The van der Waals surface area contributed by atoms with Crippen molar-refractivity contribution >= 4 is 19.6 Å². The molecule has 1 heterocycles. The van der Waals surface area contributed by atoms with Crippen LogP contribution >= 0.6 is 7.60 Å². The first-order chi connectivity index (χ1) is 9.96. The average molecular weight is 316 g/mol. The van der Waals surface area contributed by atoms with E-state index in [9.17, 15) is 9.36 Å². The van der Waals surface area contributed by atoms with Gasteiger partial charge in [0.2, 0.25) is 0 Å². The van der Waals surface area contributed by atoms with Crippen LogP contribution in [0.5, 0.6) is 0 Å². The van der Waals surface area contributed by atoms with E-state index in [1.165, 1.54) is 6.08 Å². The number of carbonyl (C=O) groups is 1. The topological polar surface area (TPSA) is 75.0 Å². The first-order valence-corrected chi connectivity index (χ1v) is 8.36. The predicted octanol–water partition coefficient (Wildman–Crippen LogP) is 3.76. The monoisotopic (exact) mass is 316 g/mol. The SMILES string of the molecule is CCOC(=O)/C(=C/c1ccc(C)o1)P(=O)(OCC)OCC. The van der Waals surface area contributed by atoms with Gasteiger partial charge in [0.05, 0.1) is 19.8 Å². The lowest BCUT2D eigenvalue weighted by Crippen LogP contribution is -2.11. The molecule has 6 nitrogen and oxygen atoms in total. The van der Waals surface area contributed by atoms with Gasteiger partial charge in [0.25, 0.3) is 0 Å². The summed E-state index contributed by atoms with van der Waals surface area (Å²) in [7, 11) is -3.74. The van der Waals surface area contributed by atoms with Gasteiger partial charge in [-0.2, -0.15) is 0 Å². The Morgan fingerprint density at radius 1 is 1.19 bits per heavy atom. The van der Waals surface area contributed by atoms with Crippen molar-refractivity contribution in [3.8, 4) is 0 Å². The fourth-order valence-electron chi connectivity index (χ4n) is 1.64. The number of hydrogen-bond acceptors (Lipinski definition) is 6. The molecule has 7 heteroatoms. The molecule has 0 radical (unpaired) electrons. The number of ether oxygens (including phenoxy) is 1. The van der Waals surface area contributed by atoms with Crippen molar-refractivity contribution in [1.29, 1.82) is 0 Å². The molecule has 118 valence electrons. The summed E-state index contributed by atoms with van der Waals surface area (Å²) in [4.78, 5) is 12.1. The normalized spacial score (nSPS) is 12.5. The minimum atomic E-state index is -3.74. The predicted molar refractivity (Wildman–Crippen MR) is 78.9 cm³/mol. The molecule has 1 aromatic rings. The molecule has 0 saturated heterocycles. The minimum Gasteiger partial charge on any atom is -0.462 e. The highest BCUT2D eigenvalue weighted by atomic mass is 31.2. The third kappa shape index (κ3) is 4.84. The number of esters is 1. The van der Waals surface area contributed by atoms with Gasteiger partial charge in [0, 0.05) is 6.08 Å². The molecule has 0 atom stereocenters. The van der Waals surface area contributed by atoms with E-state index in [0.717, 1.165) is 0 Å². The number of hydrogen-bond donors (Lipinski definition) is 0. The van der Waals surface area contributed by atoms with E-state index in [1.54, 1.807) is 39.8 Å². The fourth-order valence-corrected chi connectivity index (χ4v) is 3.24. The second-order valence-corrected chi connectivity index (χ2v) is 6.02. The average Bonchev–Trinajstić information content (AvgIpc) is 2.82. The summed E-state index contributed by atoms with van der Waals surface area (Å²) in [5.74, 6) is 0.319. The molecule has 0 spiro atoms. The lowest BCUT2D eigenvalue weighted by molar-refractivity contribution is -0.137. The van der Waals surface area contributed by atoms with Gasteiger partial charge >= 0.3 is 13.6 Å². The second-order valence-electron chi connectivity index (χ2n) is 4.03. The van der Waals surface area contributed by atoms with E-state index in [2.05, 4.69) is 0 Å². The Morgan fingerprint density at radius 3 is 2.24 bits per heavy atom. The summed E-state index contributed by atoms with van der Waals surface area (Å²) < 4.78 is 33.5. The van der Waals surface area contributed by atoms with E-state index in [4.69, 9.17) is 18.2 Å². The van der Waals surface area contributed by atoms with Crippen LogP contribution in [0.25, 0.3) is 6.08 Å². The van der Waals surface area contributed by atoms with Crippen molar-refractivity contribution in [2.24, 2.45) is 0 Å². The molecular weight excluding hydrogens is 295 g/mol. The lowest BCUT2D eigenvalue weighted by Gasteiger charge is -2.18. The maximum Gasteiger partial charge on any atom is 0.368 e. The Balaban J connectivity index is 3.26. The Labute approximate surface area is 124 Å². The number of carbonyl (C=O) groups excluding carboxylic acids is 1. The van der Waals surface area contributed by atoms with E-state index in [1.807, 2.05) is 0 Å². The summed E-state index contributed by atoms with van der Waals surface area (Å²) in [5, 5.41) is -0.164. The highest BCUT2D eigenvalue weighted by molar-refractivity contribution is 7.60. The van der Waals surface area contributed by atoms with Crippen LogP contribution in [-0.4, -0.2) is 25.8 Å². The molecule has 0 bridgehead atoms. The summed E-state index contributed by atoms with van der Waals surface area (Å²) in [6.45, 7) is 7.23. The molecule has 0 fully saturated rings. The molecule has 1 aromatic heterocycles. The maximum absolute atomic E-state index is 12.8. The number of aryl methyl sites for hydroxylation is 1. The summed E-state index contributed by atoms with van der Waals surface area (Å²) in [6.07, 6.45) is 1.34. The van der Waals surface area contributed by atoms with Gasteiger partial charge in [-0.1, -0.05) is 0 Å². The van der Waals surface area contributed by atoms with Crippen LogP contribution in [0, 0.1) is 6.92 Å². The largest absolute Gasteiger partial charge is 0.462 e. The minimum absolute atomic E-state index is 0.144. The van der Waals surface area contributed by atoms with E-state index < -0.39 is 13.6 Å². The first-order valence-electron chi connectivity index (χ1n) is 6.81. The molecule has 0 N–H and O–H groups in total. The van der Waals surface area contributed by atoms with Crippen LogP contribution in [0.3, 0.4) is 0 Å². The number of rotatable bonds is 8. The van der Waals surface area contributed by atoms with Gasteiger partial charge in [-0.15, -0.1) is 0 Å². The van der Waals surface area contributed by atoms with Crippen molar-refractivity contribution < 1.29 is 27.6 Å². The fraction of sp³-hybridized carbons (Fsp3) is 0.500. The third-order valence-corrected chi connectivity index (χ3v) is 4.52. The quantitative estimate of drug-likeness (QED) is 0.413. The van der Waals surface area contributed by atoms with Crippen LogP contribution in [0.15, 0.2) is 21.9 Å². The Hall–Kier alpha value is -1.36. The molecule has 0 aliphatic carbocycles. The van der Waals surface area contributed by atoms with Crippen LogP contribution in [0.4, 0.5) is 0 Å². The van der Waals surface area contributed by atoms with Gasteiger partial charge in [-0.25, -0.2) is 4.79 Å². The molecule has 0 unspecified atom stereocenters. The molecule has 21 heavy (non-hydrogen) atoms. The summed E-state index contributed by atoms with van der Waals surface area (Å²) in [6, 6.07) is 3.40. The van der Waals surface area contributed by atoms with Gasteiger partial charge < -0.3 is 18.2 Å². The summed E-state index contributed by atoms with van der Waals surface area (Å²) >= 11 is 0. The Bertz CT molecular complexity index is 535. The standard InChI is InChI=1S/C14H21O6P/c1-5-17-14(15)13(10-12-9-8-11(4)20-12)21(16,18-6-2)19-7-3/h8-10H,5-7H2,1-4H3/b13-10-. The van der Waals surface area contributed by atoms with Gasteiger partial charge in [-0.05, 0) is 39.8 Å². The molecule has 0 aromatic carbocycles. The summed E-state index contributed by atoms with van der Waals surface area (Å²) in [5.41, 5.74) is 0. The van der Waals surface area contributed by atoms with Crippen LogP contribution in [0.1, 0.15) is 32.3 Å². The van der Waals surface area contributed by atoms with Crippen molar-refractivity contribution in [1.82, 2.24) is 0 Å². The van der Waals surface area contributed by atoms with Crippen LogP contribution < -0.4 is 0 Å². The van der Waals surface area contributed by atoms with Crippen molar-refractivity contribution in [2.75, 3.05) is 19.8 Å². The highest BCUT2D eigenvalue weighted by Crippen LogP contribution is 2.57. The zero-order valence-electron chi connectivity index (χ0n) is 12.8. The van der Waals surface area contributed by atoms with E-state index >= 15 is 0 Å². The molecule has 0 saturated carbocycles. The zero-order valence-corrected chi connectivity index (χ0v) is 13.6. The Morgan fingerprint density at radius 2 is 1.81 bits per heavy atom. The third-order valence-electron chi connectivity index (χ3n) is 2.42. The second kappa shape index (κ2) is 8.17. The van der Waals surface area contributed by atoms with Crippen LogP contribution in [-0.2, 0) is 23.1 Å². The van der Waals surface area contributed by atoms with Gasteiger partial charge in [-0.3, -0.25) is 4.57 Å². The van der Waals surface area contributed by atoms with E-state index in [0.29, 0.717) is 11.5 Å². The van der Waals surface area contributed by atoms with E-state index in [-0.39, 0.29) is 25.1 Å². The molecule has 0 aliphatic heterocycles. The highest BCUT2D eigenvalue weighted by Gasteiger charge is 2.36. The van der Waals surface area contributed by atoms with Crippen molar-refractivity contribution in [3.63, 3.8) is 0 Å². The Kier molecular flexibility index (Phi) is 6.89. The maximum atomic E-state index is 12.8. The van der Waals surface area contributed by atoms with Gasteiger partial charge in [0.1, 0.15) is 11.5 Å². The molecular formula is C14H21O6P. The van der Waals surface area contributed by atoms with Crippen LogP contribution in [0.2, 0.25) is 0 Å². The lowest BCUT2D eigenvalue weighted by atomic mass is 10.4. The molecule has 1 rings (SSSR count).